The summed E-state index contributed by atoms with van der Waals surface area (Å²) in [5, 5.41) is 0. The second kappa shape index (κ2) is 6.50. The lowest BCUT2D eigenvalue weighted by molar-refractivity contribution is 0.298. The van der Waals surface area contributed by atoms with Crippen LogP contribution in [0.1, 0.15) is 11.1 Å². The first-order valence-electron chi connectivity index (χ1n) is 5.65. The quantitative estimate of drug-likeness (QED) is 0.842. The van der Waals surface area contributed by atoms with Crippen LogP contribution in [0.2, 0.25) is 0 Å². The van der Waals surface area contributed by atoms with Crippen LogP contribution in [0.4, 0.5) is 4.39 Å². The lowest BCUT2D eigenvalue weighted by atomic mass is 10.1. The Bertz CT molecular complexity index is 590. The van der Waals surface area contributed by atoms with Gasteiger partial charge in [0.2, 0.25) is 0 Å². The van der Waals surface area contributed by atoms with Gasteiger partial charge in [0.1, 0.15) is 18.2 Å². The van der Waals surface area contributed by atoms with E-state index < -0.39 is 0 Å². The zero-order valence-corrected chi connectivity index (χ0v) is 13.2. The van der Waals surface area contributed by atoms with E-state index in [1.807, 2.05) is 18.2 Å². The molecule has 0 aliphatic carbocycles. The molecular weight excluding hydrogens is 377 g/mol. The molecule has 0 amide bonds. The van der Waals surface area contributed by atoms with Crippen molar-refractivity contribution >= 4 is 31.9 Å². The highest BCUT2D eigenvalue weighted by Crippen LogP contribution is 2.29. The van der Waals surface area contributed by atoms with E-state index in [-0.39, 0.29) is 12.4 Å². The molecule has 0 fully saturated rings. The summed E-state index contributed by atoms with van der Waals surface area (Å²) in [6, 6.07) is 10.4. The Labute approximate surface area is 128 Å². The second-order valence-electron chi connectivity index (χ2n) is 3.99. The van der Waals surface area contributed by atoms with E-state index in [4.69, 9.17) is 10.5 Å². The first-order valence-corrected chi connectivity index (χ1v) is 7.24. The van der Waals surface area contributed by atoms with Gasteiger partial charge in [0, 0.05) is 16.6 Å². The van der Waals surface area contributed by atoms with Crippen LogP contribution in [-0.4, -0.2) is 0 Å². The van der Waals surface area contributed by atoms with E-state index in [1.165, 1.54) is 6.07 Å². The molecule has 2 aromatic rings. The van der Waals surface area contributed by atoms with Crippen LogP contribution in [0.25, 0.3) is 0 Å². The highest BCUT2D eigenvalue weighted by Gasteiger charge is 2.06. The molecule has 0 saturated heterocycles. The van der Waals surface area contributed by atoms with E-state index >= 15 is 0 Å². The van der Waals surface area contributed by atoms with Crippen molar-refractivity contribution in [3.63, 3.8) is 0 Å². The summed E-state index contributed by atoms with van der Waals surface area (Å²) in [5.41, 5.74) is 6.92. The molecule has 2 nitrogen and oxygen atoms in total. The van der Waals surface area contributed by atoms with Crippen LogP contribution in [0, 0.1) is 5.82 Å². The van der Waals surface area contributed by atoms with E-state index in [0.29, 0.717) is 17.9 Å². The molecule has 0 unspecified atom stereocenters. The Morgan fingerprint density at radius 1 is 1.11 bits per heavy atom. The molecule has 0 aliphatic heterocycles. The number of ether oxygens (including phenoxy) is 1. The van der Waals surface area contributed by atoms with Crippen LogP contribution in [-0.2, 0) is 13.2 Å². The standard InChI is InChI=1S/C14H12Br2FNO/c15-11-2-4-14(12(16)6-11)19-8-10-5-9(7-18)1-3-13(10)17/h1-6H,7-8,18H2. The van der Waals surface area contributed by atoms with Gasteiger partial charge in [-0.3, -0.25) is 0 Å². The largest absolute Gasteiger partial charge is 0.488 e. The average molecular weight is 389 g/mol. The van der Waals surface area contributed by atoms with Crippen LogP contribution in [0.3, 0.4) is 0 Å². The molecule has 100 valence electrons. The van der Waals surface area contributed by atoms with Gasteiger partial charge in [-0.2, -0.15) is 0 Å². The normalized spacial score (nSPS) is 10.5. The maximum atomic E-state index is 13.6. The molecule has 2 rings (SSSR count). The summed E-state index contributed by atoms with van der Waals surface area (Å²) in [6.07, 6.45) is 0. The Kier molecular flexibility index (Phi) is 4.96. The predicted octanol–water partition coefficient (Wildman–Crippen LogP) is 4.39. The first-order chi connectivity index (χ1) is 9.10. The molecule has 0 bridgehead atoms. The molecule has 0 radical (unpaired) electrons. The van der Waals surface area contributed by atoms with Crippen LogP contribution in [0.15, 0.2) is 45.3 Å². The fraction of sp³-hybridized carbons (Fsp3) is 0.143. The Morgan fingerprint density at radius 3 is 2.58 bits per heavy atom. The minimum absolute atomic E-state index is 0.167. The number of hydrogen-bond donors (Lipinski definition) is 1. The monoisotopic (exact) mass is 387 g/mol. The molecule has 0 heterocycles. The van der Waals surface area contributed by atoms with Crippen LogP contribution >= 0.6 is 31.9 Å². The molecule has 2 aromatic carbocycles. The van der Waals surface area contributed by atoms with Gasteiger partial charge in [-0.05, 0) is 51.8 Å². The van der Waals surface area contributed by atoms with Crippen molar-refractivity contribution < 1.29 is 9.13 Å². The van der Waals surface area contributed by atoms with Crippen molar-refractivity contribution in [1.29, 1.82) is 0 Å². The molecular formula is C14H12Br2FNO. The first kappa shape index (κ1) is 14.5. The van der Waals surface area contributed by atoms with E-state index in [1.54, 1.807) is 12.1 Å². The Balaban J connectivity index is 2.14. The topological polar surface area (TPSA) is 35.2 Å². The Hall–Kier alpha value is -0.910. The number of rotatable bonds is 4. The number of halogens is 3. The summed E-state index contributed by atoms with van der Waals surface area (Å²) in [7, 11) is 0. The predicted molar refractivity (Wildman–Crippen MR) is 80.5 cm³/mol. The molecule has 0 aromatic heterocycles. The maximum absolute atomic E-state index is 13.6. The zero-order chi connectivity index (χ0) is 13.8. The number of hydrogen-bond acceptors (Lipinski definition) is 2. The SMILES string of the molecule is NCc1ccc(F)c(COc2ccc(Br)cc2Br)c1. The third kappa shape index (κ3) is 3.78. The van der Waals surface area contributed by atoms with Crippen LogP contribution < -0.4 is 10.5 Å². The lowest BCUT2D eigenvalue weighted by Gasteiger charge is -2.10. The highest BCUT2D eigenvalue weighted by molar-refractivity contribution is 9.11. The summed E-state index contributed by atoms with van der Waals surface area (Å²) in [6.45, 7) is 0.551. The van der Waals surface area contributed by atoms with Gasteiger partial charge in [-0.25, -0.2) is 4.39 Å². The number of nitrogens with two attached hydrogens (primary N) is 1. The van der Waals surface area contributed by atoms with Gasteiger partial charge >= 0.3 is 0 Å². The van der Waals surface area contributed by atoms with Crippen molar-refractivity contribution in [2.24, 2.45) is 5.73 Å². The zero-order valence-electron chi connectivity index (χ0n) is 10.00. The third-order valence-corrected chi connectivity index (χ3v) is 3.74. The molecule has 2 N–H and O–H groups in total. The van der Waals surface area contributed by atoms with Gasteiger partial charge in [-0.15, -0.1) is 0 Å². The van der Waals surface area contributed by atoms with Crippen molar-refractivity contribution in [1.82, 2.24) is 0 Å². The smallest absolute Gasteiger partial charge is 0.134 e. The van der Waals surface area contributed by atoms with Crippen molar-refractivity contribution in [3.8, 4) is 5.75 Å². The van der Waals surface area contributed by atoms with Gasteiger partial charge in [0.15, 0.2) is 0 Å². The molecule has 0 spiro atoms. The van der Waals surface area contributed by atoms with E-state index in [2.05, 4.69) is 31.9 Å². The molecule has 0 aliphatic rings. The van der Waals surface area contributed by atoms with Gasteiger partial charge in [0.05, 0.1) is 4.47 Å². The average Bonchev–Trinajstić information content (AvgIpc) is 2.39. The minimum Gasteiger partial charge on any atom is -0.488 e. The van der Waals surface area contributed by atoms with Crippen molar-refractivity contribution in [2.75, 3.05) is 0 Å². The summed E-state index contributed by atoms with van der Waals surface area (Å²) in [4.78, 5) is 0. The minimum atomic E-state index is -0.287. The second-order valence-corrected chi connectivity index (χ2v) is 5.76. The van der Waals surface area contributed by atoms with Gasteiger partial charge in [0.25, 0.3) is 0 Å². The summed E-state index contributed by atoms with van der Waals surface area (Å²) in [5.74, 6) is 0.381. The molecule has 0 saturated carbocycles. The highest BCUT2D eigenvalue weighted by atomic mass is 79.9. The van der Waals surface area contributed by atoms with Crippen molar-refractivity contribution in [3.05, 3.63) is 62.3 Å². The maximum Gasteiger partial charge on any atom is 0.134 e. The van der Waals surface area contributed by atoms with Crippen molar-refractivity contribution in [2.45, 2.75) is 13.2 Å². The summed E-state index contributed by atoms with van der Waals surface area (Å²) < 4.78 is 21.0. The number of benzene rings is 2. The third-order valence-electron chi connectivity index (χ3n) is 2.62. The molecule has 19 heavy (non-hydrogen) atoms. The van der Waals surface area contributed by atoms with Gasteiger partial charge in [-0.1, -0.05) is 22.0 Å². The molecule has 5 heteroatoms. The van der Waals surface area contributed by atoms with E-state index in [9.17, 15) is 4.39 Å². The van der Waals surface area contributed by atoms with Crippen LogP contribution in [0.5, 0.6) is 5.75 Å². The summed E-state index contributed by atoms with van der Waals surface area (Å²) >= 11 is 6.76. The lowest BCUT2D eigenvalue weighted by Crippen LogP contribution is -2.02. The Morgan fingerprint density at radius 2 is 1.89 bits per heavy atom. The van der Waals surface area contributed by atoms with Gasteiger partial charge < -0.3 is 10.5 Å². The molecule has 0 atom stereocenters. The fourth-order valence-electron chi connectivity index (χ4n) is 1.61. The van der Waals surface area contributed by atoms with E-state index in [0.717, 1.165) is 14.5 Å². The fourth-order valence-corrected chi connectivity index (χ4v) is 2.77.